The first-order valence-electron chi connectivity index (χ1n) is 12.4. The van der Waals surface area contributed by atoms with Crippen molar-refractivity contribution in [3.8, 4) is 22.8 Å². The van der Waals surface area contributed by atoms with E-state index >= 15 is 0 Å². The van der Waals surface area contributed by atoms with E-state index in [1.54, 1.807) is 71.8 Å². The molecule has 4 aromatic heterocycles. The van der Waals surface area contributed by atoms with E-state index in [2.05, 4.69) is 10.1 Å². The molecule has 11 heteroatoms. The minimum atomic E-state index is -4.53. The van der Waals surface area contributed by atoms with Gasteiger partial charge in [0.25, 0.3) is 5.56 Å². The first-order chi connectivity index (χ1) is 19.2. The van der Waals surface area contributed by atoms with Crippen molar-refractivity contribution in [2.75, 3.05) is 7.11 Å². The monoisotopic (exact) mass is 544 g/mol. The third kappa shape index (κ3) is 4.19. The van der Waals surface area contributed by atoms with E-state index in [1.165, 1.54) is 4.68 Å². The van der Waals surface area contributed by atoms with Crippen molar-refractivity contribution in [2.24, 2.45) is 0 Å². The predicted octanol–water partition coefficient (Wildman–Crippen LogP) is 5.59. The van der Waals surface area contributed by atoms with Crippen LogP contribution >= 0.6 is 0 Å². The highest BCUT2D eigenvalue weighted by atomic mass is 19.4. The molecule has 4 heterocycles. The average Bonchev–Trinajstić information content (AvgIpc) is 3.58. The number of nitrogens with zero attached hydrogens (tertiary/aromatic N) is 6. The first-order valence-corrected chi connectivity index (χ1v) is 12.4. The number of hydrogen-bond acceptors (Lipinski definition) is 5. The molecule has 8 nitrogen and oxygen atoms in total. The van der Waals surface area contributed by atoms with E-state index in [9.17, 15) is 18.0 Å². The third-order valence-electron chi connectivity index (χ3n) is 6.86. The van der Waals surface area contributed by atoms with Crippen molar-refractivity contribution in [3.05, 3.63) is 106 Å². The Morgan fingerprint density at radius 3 is 2.45 bits per heavy atom. The Morgan fingerprint density at radius 2 is 1.75 bits per heavy atom. The number of fused-ring (bicyclic) bond motifs is 3. The molecule has 0 atom stereocenters. The number of alkyl halides is 3. The molecule has 0 bridgehead atoms. The summed E-state index contributed by atoms with van der Waals surface area (Å²) in [4.78, 5) is 23.1. The van der Waals surface area contributed by atoms with Crippen LogP contribution in [-0.4, -0.2) is 35.8 Å². The standard InChI is InChI=1S/C29H23F3N6O2/c1-17-6-4-8-23(40-3)25(17)26-33-15-22-27(34-26)37(28(39)21-7-5-13-36(21)22)16-19-9-11-20(12-10-19)38-18(2)14-24(35-38)29(30,31)32/h4-15H,16H2,1-3H3. The van der Waals surface area contributed by atoms with E-state index in [4.69, 9.17) is 9.72 Å². The number of methoxy groups -OCH3 is 1. The smallest absolute Gasteiger partial charge is 0.435 e. The molecule has 0 fully saturated rings. The van der Waals surface area contributed by atoms with Crippen LogP contribution in [0, 0.1) is 13.8 Å². The largest absolute Gasteiger partial charge is 0.496 e. The fourth-order valence-corrected chi connectivity index (χ4v) is 4.90. The molecule has 0 saturated carbocycles. The predicted molar refractivity (Wildman–Crippen MR) is 144 cm³/mol. The SMILES string of the molecule is COc1cccc(C)c1-c1ncc2c(n1)n(Cc1ccc(-n3nc(C(F)(F)F)cc3C)cc1)c(=O)c1cccn12. The molecule has 0 aliphatic heterocycles. The maximum absolute atomic E-state index is 13.6. The van der Waals surface area contributed by atoms with Crippen LogP contribution in [0.5, 0.6) is 5.75 Å². The Morgan fingerprint density at radius 1 is 0.975 bits per heavy atom. The molecule has 40 heavy (non-hydrogen) atoms. The van der Waals surface area contributed by atoms with E-state index in [0.29, 0.717) is 39.6 Å². The van der Waals surface area contributed by atoms with Gasteiger partial charge < -0.3 is 9.14 Å². The number of benzene rings is 2. The van der Waals surface area contributed by atoms with Crippen molar-refractivity contribution in [1.29, 1.82) is 0 Å². The average molecular weight is 545 g/mol. The van der Waals surface area contributed by atoms with Crippen LogP contribution in [-0.2, 0) is 12.7 Å². The zero-order chi connectivity index (χ0) is 28.2. The number of hydrogen-bond donors (Lipinski definition) is 0. The second-order valence-corrected chi connectivity index (χ2v) is 9.46. The molecule has 0 aliphatic carbocycles. The first kappa shape index (κ1) is 25.4. The molecule has 0 spiro atoms. The number of ether oxygens (including phenoxy) is 1. The molecule has 0 amide bonds. The molecular weight excluding hydrogens is 521 g/mol. The van der Waals surface area contributed by atoms with Crippen molar-refractivity contribution in [2.45, 2.75) is 26.6 Å². The zero-order valence-electron chi connectivity index (χ0n) is 21.8. The van der Waals surface area contributed by atoms with E-state index in [1.807, 2.05) is 25.1 Å². The van der Waals surface area contributed by atoms with Crippen molar-refractivity contribution >= 4 is 16.7 Å². The van der Waals surface area contributed by atoms with Gasteiger partial charge in [-0.3, -0.25) is 9.36 Å². The topological polar surface area (TPSA) is 79.2 Å². The zero-order valence-corrected chi connectivity index (χ0v) is 21.8. The lowest BCUT2D eigenvalue weighted by Gasteiger charge is -2.15. The van der Waals surface area contributed by atoms with Crippen molar-refractivity contribution < 1.29 is 17.9 Å². The Hall–Kier alpha value is -4.93. The molecule has 0 saturated heterocycles. The van der Waals surface area contributed by atoms with Crippen molar-refractivity contribution in [1.82, 2.24) is 28.7 Å². The van der Waals surface area contributed by atoms with E-state index in [-0.39, 0.29) is 12.1 Å². The minimum absolute atomic E-state index is 0.185. The summed E-state index contributed by atoms with van der Waals surface area (Å²) in [5.41, 5.74) is 3.63. The van der Waals surface area contributed by atoms with Crippen LogP contribution < -0.4 is 10.3 Å². The second-order valence-electron chi connectivity index (χ2n) is 9.46. The minimum Gasteiger partial charge on any atom is -0.496 e. The van der Waals surface area contributed by atoms with Gasteiger partial charge in [0.05, 0.1) is 31.1 Å². The number of halogens is 3. The number of aryl methyl sites for hydroxylation is 2. The highest BCUT2D eigenvalue weighted by molar-refractivity contribution is 5.78. The molecule has 0 unspecified atom stereocenters. The lowest BCUT2D eigenvalue weighted by atomic mass is 10.1. The van der Waals surface area contributed by atoms with Gasteiger partial charge in [-0.25, -0.2) is 14.6 Å². The number of aromatic nitrogens is 6. The summed E-state index contributed by atoms with van der Waals surface area (Å²) in [7, 11) is 1.58. The van der Waals surface area contributed by atoms with Gasteiger partial charge in [-0.2, -0.15) is 18.3 Å². The van der Waals surface area contributed by atoms with Gasteiger partial charge in [-0.05, 0) is 61.4 Å². The summed E-state index contributed by atoms with van der Waals surface area (Å²) in [6.07, 6.45) is -1.05. The van der Waals surface area contributed by atoms with Crippen molar-refractivity contribution in [3.63, 3.8) is 0 Å². The lowest BCUT2D eigenvalue weighted by Crippen LogP contribution is -2.24. The highest BCUT2D eigenvalue weighted by Gasteiger charge is 2.34. The Labute approximate surface area is 225 Å². The Bertz CT molecular complexity index is 1950. The van der Waals surface area contributed by atoms with Crippen LogP contribution in [0.3, 0.4) is 0 Å². The van der Waals surface area contributed by atoms with Crippen LogP contribution in [0.2, 0.25) is 0 Å². The fourth-order valence-electron chi connectivity index (χ4n) is 4.90. The van der Waals surface area contributed by atoms with Crippen LogP contribution in [0.4, 0.5) is 13.2 Å². The molecule has 0 aliphatic rings. The summed E-state index contributed by atoms with van der Waals surface area (Å²) in [6.45, 7) is 3.69. The lowest BCUT2D eigenvalue weighted by molar-refractivity contribution is -0.141. The quantitative estimate of drug-likeness (QED) is 0.283. The molecule has 2 aromatic carbocycles. The molecular formula is C29H23F3N6O2. The van der Waals surface area contributed by atoms with E-state index in [0.717, 1.165) is 22.8 Å². The summed E-state index contributed by atoms with van der Waals surface area (Å²) in [6, 6.07) is 17.1. The van der Waals surface area contributed by atoms with Gasteiger partial charge in [0.1, 0.15) is 16.8 Å². The molecule has 6 rings (SSSR count). The second kappa shape index (κ2) is 9.37. The third-order valence-corrected chi connectivity index (χ3v) is 6.86. The molecule has 0 N–H and O–H groups in total. The van der Waals surface area contributed by atoms with Crippen LogP contribution in [0.1, 0.15) is 22.5 Å². The maximum Gasteiger partial charge on any atom is 0.435 e. The summed E-state index contributed by atoms with van der Waals surface area (Å²) >= 11 is 0. The van der Waals surface area contributed by atoms with Gasteiger partial charge in [0, 0.05) is 11.9 Å². The van der Waals surface area contributed by atoms with Gasteiger partial charge in [0.15, 0.2) is 17.2 Å². The van der Waals surface area contributed by atoms with Crippen LogP contribution in [0.25, 0.3) is 33.8 Å². The van der Waals surface area contributed by atoms with Gasteiger partial charge >= 0.3 is 6.18 Å². The van der Waals surface area contributed by atoms with Gasteiger partial charge in [0.2, 0.25) is 0 Å². The fraction of sp³-hybridized carbons (Fsp3) is 0.172. The summed E-state index contributed by atoms with van der Waals surface area (Å²) < 4.78 is 49.5. The normalized spacial score (nSPS) is 11.9. The summed E-state index contributed by atoms with van der Waals surface area (Å²) in [5.74, 6) is 1.04. The number of rotatable bonds is 5. The molecule has 202 valence electrons. The molecule has 0 radical (unpaired) electrons. The van der Waals surface area contributed by atoms with Gasteiger partial charge in [-0.15, -0.1) is 0 Å². The van der Waals surface area contributed by atoms with Gasteiger partial charge in [-0.1, -0.05) is 24.3 Å². The van der Waals surface area contributed by atoms with E-state index < -0.39 is 11.9 Å². The van der Waals surface area contributed by atoms with Crippen LogP contribution in [0.15, 0.2) is 77.9 Å². The maximum atomic E-state index is 13.6. The highest BCUT2D eigenvalue weighted by Crippen LogP contribution is 2.32. The summed E-state index contributed by atoms with van der Waals surface area (Å²) in [5, 5.41) is 3.71. The molecule has 6 aromatic rings. The Balaban J connectivity index is 1.46. The Kier molecular flexibility index (Phi) is 5.94.